The predicted molar refractivity (Wildman–Crippen MR) is 64.0 cm³/mol. The van der Waals surface area contributed by atoms with Crippen molar-refractivity contribution >= 4 is 11.1 Å². The Kier molecular flexibility index (Phi) is 2.33. The first kappa shape index (κ1) is 10.3. The SMILES string of the molecule is Cc1cn2cnc(C3=CCOCC3)c2c(=O)[nH]1. The number of hydrogen-bond acceptors (Lipinski definition) is 3. The number of ether oxygens (including phenoxy) is 1. The maximum atomic E-state index is 11.9. The van der Waals surface area contributed by atoms with E-state index in [-0.39, 0.29) is 5.56 Å². The molecule has 2 aromatic heterocycles. The van der Waals surface area contributed by atoms with Crippen LogP contribution in [0.3, 0.4) is 0 Å². The summed E-state index contributed by atoms with van der Waals surface area (Å²) in [6, 6.07) is 0. The van der Waals surface area contributed by atoms with Gasteiger partial charge in [0, 0.05) is 11.9 Å². The molecule has 1 N–H and O–H groups in total. The van der Waals surface area contributed by atoms with Crippen molar-refractivity contribution in [3.63, 3.8) is 0 Å². The number of nitrogens with one attached hydrogen (secondary N) is 1. The van der Waals surface area contributed by atoms with Gasteiger partial charge in [0.05, 0.1) is 18.9 Å². The lowest BCUT2D eigenvalue weighted by atomic mass is 10.1. The molecule has 0 atom stereocenters. The highest BCUT2D eigenvalue weighted by Crippen LogP contribution is 2.22. The van der Waals surface area contributed by atoms with Gasteiger partial charge >= 0.3 is 0 Å². The smallest absolute Gasteiger partial charge is 0.274 e. The first-order chi connectivity index (χ1) is 8.25. The van der Waals surface area contributed by atoms with E-state index >= 15 is 0 Å². The molecule has 17 heavy (non-hydrogen) atoms. The summed E-state index contributed by atoms with van der Waals surface area (Å²) >= 11 is 0. The summed E-state index contributed by atoms with van der Waals surface area (Å²) in [5, 5.41) is 0. The zero-order chi connectivity index (χ0) is 11.8. The number of imidazole rings is 1. The molecule has 0 saturated carbocycles. The monoisotopic (exact) mass is 231 g/mol. The third-order valence-corrected chi connectivity index (χ3v) is 2.92. The average molecular weight is 231 g/mol. The van der Waals surface area contributed by atoms with Crippen LogP contribution in [0.15, 0.2) is 23.4 Å². The number of aromatic nitrogens is 3. The van der Waals surface area contributed by atoms with Crippen LogP contribution in [0.1, 0.15) is 17.8 Å². The molecular weight excluding hydrogens is 218 g/mol. The van der Waals surface area contributed by atoms with E-state index in [1.54, 1.807) is 10.7 Å². The third kappa shape index (κ3) is 1.68. The lowest BCUT2D eigenvalue weighted by Gasteiger charge is -2.11. The van der Waals surface area contributed by atoms with Crippen molar-refractivity contribution in [3.05, 3.63) is 40.3 Å². The minimum absolute atomic E-state index is 0.0927. The Balaban J connectivity index is 2.24. The van der Waals surface area contributed by atoms with E-state index in [1.807, 2.05) is 19.2 Å². The summed E-state index contributed by atoms with van der Waals surface area (Å²) in [7, 11) is 0. The van der Waals surface area contributed by atoms with Crippen molar-refractivity contribution in [3.8, 4) is 0 Å². The zero-order valence-electron chi connectivity index (χ0n) is 9.56. The number of aryl methyl sites for hydroxylation is 1. The summed E-state index contributed by atoms with van der Waals surface area (Å²) in [5.74, 6) is 0. The molecule has 5 nitrogen and oxygen atoms in total. The van der Waals surface area contributed by atoms with Crippen LogP contribution in [0.25, 0.3) is 11.1 Å². The molecule has 0 saturated heterocycles. The molecule has 0 amide bonds. The quantitative estimate of drug-likeness (QED) is 0.800. The highest BCUT2D eigenvalue weighted by Gasteiger charge is 2.14. The van der Waals surface area contributed by atoms with Gasteiger partial charge in [-0.3, -0.25) is 9.20 Å². The fraction of sp³-hybridized carbons (Fsp3) is 0.333. The van der Waals surface area contributed by atoms with E-state index in [0.717, 1.165) is 23.4 Å². The van der Waals surface area contributed by atoms with Crippen molar-refractivity contribution in [1.29, 1.82) is 0 Å². The second kappa shape index (κ2) is 3.85. The first-order valence-electron chi connectivity index (χ1n) is 5.59. The molecule has 5 heteroatoms. The molecular formula is C12H13N3O2. The molecule has 0 aromatic carbocycles. The van der Waals surface area contributed by atoms with Crippen LogP contribution in [0.2, 0.25) is 0 Å². The van der Waals surface area contributed by atoms with E-state index in [9.17, 15) is 4.79 Å². The van der Waals surface area contributed by atoms with E-state index in [1.165, 1.54) is 0 Å². The van der Waals surface area contributed by atoms with Crippen LogP contribution in [0, 0.1) is 6.92 Å². The van der Waals surface area contributed by atoms with Gasteiger partial charge in [-0.05, 0) is 18.9 Å². The van der Waals surface area contributed by atoms with Crippen molar-refractivity contribution in [2.45, 2.75) is 13.3 Å². The van der Waals surface area contributed by atoms with Crippen LogP contribution in [0.4, 0.5) is 0 Å². The Morgan fingerprint density at radius 3 is 3.18 bits per heavy atom. The van der Waals surface area contributed by atoms with E-state index < -0.39 is 0 Å². The van der Waals surface area contributed by atoms with Crippen LogP contribution >= 0.6 is 0 Å². The Labute approximate surface area is 97.8 Å². The molecule has 0 spiro atoms. The summed E-state index contributed by atoms with van der Waals surface area (Å²) in [4.78, 5) is 19.1. The Hall–Kier alpha value is -1.88. The minimum Gasteiger partial charge on any atom is -0.377 e. The molecule has 1 aliphatic heterocycles. The molecule has 1 aliphatic rings. The highest BCUT2D eigenvalue weighted by atomic mass is 16.5. The minimum atomic E-state index is -0.0927. The maximum Gasteiger partial charge on any atom is 0.274 e. The highest BCUT2D eigenvalue weighted by molar-refractivity contribution is 5.75. The van der Waals surface area contributed by atoms with Gasteiger partial charge in [0.1, 0.15) is 11.8 Å². The topological polar surface area (TPSA) is 59.4 Å². The van der Waals surface area contributed by atoms with Crippen LogP contribution in [-0.2, 0) is 4.74 Å². The van der Waals surface area contributed by atoms with Gasteiger partial charge in [0.2, 0.25) is 0 Å². The molecule has 3 rings (SSSR count). The maximum absolute atomic E-state index is 11.9. The lowest BCUT2D eigenvalue weighted by molar-refractivity contribution is 0.161. The molecule has 2 aromatic rings. The van der Waals surface area contributed by atoms with E-state index in [2.05, 4.69) is 9.97 Å². The van der Waals surface area contributed by atoms with Crippen molar-refractivity contribution in [2.75, 3.05) is 13.2 Å². The van der Waals surface area contributed by atoms with Gasteiger partial charge in [0.25, 0.3) is 5.56 Å². The molecule has 0 aliphatic carbocycles. The second-order valence-corrected chi connectivity index (χ2v) is 4.17. The number of nitrogens with zero attached hydrogens (tertiary/aromatic N) is 2. The number of hydrogen-bond donors (Lipinski definition) is 1. The van der Waals surface area contributed by atoms with Crippen molar-refractivity contribution in [1.82, 2.24) is 14.4 Å². The molecule has 0 unspecified atom stereocenters. The summed E-state index contributed by atoms with van der Waals surface area (Å²) in [6.45, 7) is 3.14. The second-order valence-electron chi connectivity index (χ2n) is 4.17. The Morgan fingerprint density at radius 1 is 1.53 bits per heavy atom. The van der Waals surface area contributed by atoms with E-state index in [0.29, 0.717) is 18.7 Å². The van der Waals surface area contributed by atoms with Crippen LogP contribution in [-0.4, -0.2) is 27.6 Å². The molecule has 0 radical (unpaired) electrons. The normalized spacial score (nSPS) is 16.2. The fourth-order valence-corrected chi connectivity index (χ4v) is 2.14. The summed E-state index contributed by atoms with van der Waals surface area (Å²) in [5.41, 5.74) is 3.21. The standard InChI is InChI=1S/C12H13N3O2/c1-8-6-15-7-13-10(11(15)12(16)14-8)9-2-4-17-5-3-9/h2,6-7H,3-5H2,1H3,(H,14,16). The summed E-state index contributed by atoms with van der Waals surface area (Å²) in [6.07, 6.45) is 6.35. The van der Waals surface area contributed by atoms with Gasteiger partial charge < -0.3 is 9.72 Å². The number of H-pyrrole nitrogens is 1. The van der Waals surface area contributed by atoms with E-state index in [4.69, 9.17) is 4.74 Å². The first-order valence-corrected chi connectivity index (χ1v) is 5.59. The molecule has 3 heterocycles. The van der Waals surface area contributed by atoms with Crippen molar-refractivity contribution in [2.24, 2.45) is 0 Å². The fourth-order valence-electron chi connectivity index (χ4n) is 2.14. The molecule has 0 fully saturated rings. The van der Waals surface area contributed by atoms with Gasteiger partial charge in [-0.1, -0.05) is 6.08 Å². The Morgan fingerprint density at radius 2 is 2.41 bits per heavy atom. The number of fused-ring (bicyclic) bond motifs is 1. The molecule has 88 valence electrons. The third-order valence-electron chi connectivity index (χ3n) is 2.92. The lowest BCUT2D eigenvalue weighted by Crippen LogP contribution is -2.13. The molecule has 0 bridgehead atoms. The van der Waals surface area contributed by atoms with Gasteiger partial charge in [-0.15, -0.1) is 0 Å². The van der Waals surface area contributed by atoms with Gasteiger partial charge in [-0.25, -0.2) is 4.98 Å². The summed E-state index contributed by atoms with van der Waals surface area (Å²) < 4.78 is 7.04. The average Bonchev–Trinajstić information content (AvgIpc) is 2.74. The Bertz CT molecular complexity index is 651. The van der Waals surface area contributed by atoms with Crippen molar-refractivity contribution < 1.29 is 4.74 Å². The zero-order valence-corrected chi connectivity index (χ0v) is 9.56. The van der Waals surface area contributed by atoms with Crippen LogP contribution in [0.5, 0.6) is 0 Å². The largest absolute Gasteiger partial charge is 0.377 e. The predicted octanol–water partition coefficient (Wildman–Crippen LogP) is 1.13. The van der Waals surface area contributed by atoms with Gasteiger partial charge in [-0.2, -0.15) is 0 Å². The van der Waals surface area contributed by atoms with Crippen LogP contribution < -0.4 is 5.56 Å². The number of aromatic amines is 1. The van der Waals surface area contributed by atoms with Gasteiger partial charge in [0.15, 0.2) is 0 Å². The number of rotatable bonds is 1.